The van der Waals surface area contributed by atoms with Crippen molar-refractivity contribution in [2.24, 2.45) is 4.99 Å². The second-order valence-electron chi connectivity index (χ2n) is 6.31. The Morgan fingerprint density at radius 1 is 1.30 bits per heavy atom. The Balaban J connectivity index is 1.78. The van der Waals surface area contributed by atoms with Crippen LogP contribution in [0.15, 0.2) is 40.5 Å². The lowest BCUT2D eigenvalue weighted by Crippen LogP contribution is -2.54. The van der Waals surface area contributed by atoms with Crippen molar-refractivity contribution in [2.75, 3.05) is 26.8 Å². The number of piperazine rings is 1. The molecule has 1 fully saturated rings. The molecular weight excluding hydrogens is 290 g/mol. The van der Waals surface area contributed by atoms with Gasteiger partial charge in [0.15, 0.2) is 0 Å². The molecule has 2 aliphatic heterocycles. The van der Waals surface area contributed by atoms with Crippen molar-refractivity contribution < 1.29 is 9.84 Å². The van der Waals surface area contributed by atoms with Crippen LogP contribution in [0.1, 0.15) is 19.4 Å². The van der Waals surface area contributed by atoms with Crippen molar-refractivity contribution in [3.05, 3.63) is 41.1 Å². The van der Waals surface area contributed by atoms with Crippen LogP contribution in [0.25, 0.3) is 0 Å². The SMILES string of the molecule is COc1ccc(CN2CC3=C(C)[C@H](C)N=CN3C[C@@H]2CO)cc1. The predicted octanol–water partition coefficient (Wildman–Crippen LogP) is 1.88. The van der Waals surface area contributed by atoms with Crippen LogP contribution >= 0.6 is 0 Å². The molecule has 5 nitrogen and oxygen atoms in total. The van der Waals surface area contributed by atoms with E-state index in [2.05, 4.69) is 40.8 Å². The minimum Gasteiger partial charge on any atom is -0.497 e. The molecule has 0 spiro atoms. The Hall–Kier alpha value is -1.85. The third-order valence-corrected chi connectivity index (χ3v) is 4.89. The number of aliphatic hydroxyl groups excluding tert-OH is 1. The van der Waals surface area contributed by atoms with E-state index in [0.29, 0.717) is 0 Å². The van der Waals surface area contributed by atoms with Crippen molar-refractivity contribution in [3.63, 3.8) is 0 Å². The highest BCUT2D eigenvalue weighted by molar-refractivity contribution is 5.62. The summed E-state index contributed by atoms with van der Waals surface area (Å²) in [6.07, 6.45) is 1.93. The summed E-state index contributed by atoms with van der Waals surface area (Å²) in [6.45, 7) is 6.90. The summed E-state index contributed by atoms with van der Waals surface area (Å²) in [5, 5.41) is 9.78. The number of nitrogens with zero attached hydrogens (tertiary/aromatic N) is 3. The monoisotopic (exact) mass is 315 g/mol. The molecule has 23 heavy (non-hydrogen) atoms. The maximum Gasteiger partial charge on any atom is 0.118 e. The highest BCUT2D eigenvalue weighted by Crippen LogP contribution is 2.27. The lowest BCUT2D eigenvalue weighted by molar-refractivity contribution is 0.0810. The molecule has 2 aliphatic rings. The van der Waals surface area contributed by atoms with Gasteiger partial charge in [0.25, 0.3) is 0 Å². The number of aliphatic imine (C=N–C) groups is 1. The van der Waals surface area contributed by atoms with Crippen LogP contribution in [0, 0.1) is 0 Å². The Labute approximate surface area is 137 Å². The summed E-state index contributed by atoms with van der Waals surface area (Å²) in [6, 6.07) is 8.51. The fourth-order valence-electron chi connectivity index (χ4n) is 3.19. The van der Waals surface area contributed by atoms with Crippen LogP contribution in [0.4, 0.5) is 0 Å². The molecule has 124 valence electrons. The first-order chi connectivity index (χ1) is 11.1. The summed E-state index contributed by atoms with van der Waals surface area (Å²) < 4.78 is 5.22. The molecule has 1 saturated heterocycles. The molecule has 0 saturated carbocycles. The molecular formula is C18H25N3O2. The minimum atomic E-state index is 0.119. The smallest absolute Gasteiger partial charge is 0.118 e. The van der Waals surface area contributed by atoms with Crippen LogP contribution in [-0.2, 0) is 6.54 Å². The van der Waals surface area contributed by atoms with Gasteiger partial charge >= 0.3 is 0 Å². The van der Waals surface area contributed by atoms with Crippen molar-refractivity contribution in [1.29, 1.82) is 0 Å². The Bertz CT molecular complexity index is 609. The number of hydrogen-bond donors (Lipinski definition) is 1. The quantitative estimate of drug-likeness (QED) is 0.922. The zero-order chi connectivity index (χ0) is 16.4. The van der Waals surface area contributed by atoms with Crippen molar-refractivity contribution in [2.45, 2.75) is 32.5 Å². The molecule has 1 aromatic carbocycles. The average molecular weight is 315 g/mol. The summed E-state index contributed by atoms with van der Waals surface area (Å²) in [4.78, 5) is 9.07. The Morgan fingerprint density at radius 3 is 2.70 bits per heavy atom. The molecule has 5 heteroatoms. The van der Waals surface area contributed by atoms with Gasteiger partial charge in [-0.25, -0.2) is 0 Å². The minimum absolute atomic E-state index is 0.119. The third-order valence-electron chi connectivity index (χ3n) is 4.89. The zero-order valence-electron chi connectivity index (χ0n) is 14.1. The molecule has 1 aromatic rings. The number of methoxy groups -OCH3 is 1. The van der Waals surface area contributed by atoms with Gasteiger partial charge in [0, 0.05) is 25.3 Å². The molecule has 1 N–H and O–H groups in total. The van der Waals surface area contributed by atoms with E-state index in [1.165, 1.54) is 16.8 Å². The summed E-state index contributed by atoms with van der Waals surface area (Å²) in [7, 11) is 1.68. The average Bonchev–Trinajstić information content (AvgIpc) is 2.59. The topological polar surface area (TPSA) is 48.3 Å². The number of hydrogen-bond acceptors (Lipinski definition) is 5. The van der Waals surface area contributed by atoms with Gasteiger partial charge in [0.2, 0.25) is 0 Å². The second-order valence-corrected chi connectivity index (χ2v) is 6.31. The second kappa shape index (κ2) is 6.72. The number of aliphatic hydroxyl groups is 1. The maximum absolute atomic E-state index is 9.78. The van der Waals surface area contributed by atoms with Gasteiger partial charge in [-0.1, -0.05) is 12.1 Å². The summed E-state index contributed by atoms with van der Waals surface area (Å²) >= 11 is 0. The number of benzene rings is 1. The van der Waals surface area contributed by atoms with Crippen LogP contribution in [0.3, 0.4) is 0 Å². The maximum atomic E-state index is 9.78. The molecule has 2 atom stereocenters. The van der Waals surface area contributed by atoms with Crippen molar-refractivity contribution >= 4 is 6.34 Å². The van der Waals surface area contributed by atoms with Crippen molar-refractivity contribution in [1.82, 2.24) is 9.80 Å². The molecule has 2 heterocycles. The number of ether oxygens (including phenoxy) is 1. The fourth-order valence-corrected chi connectivity index (χ4v) is 3.19. The van der Waals surface area contributed by atoms with E-state index in [4.69, 9.17) is 4.74 Å². The van der Waals surface area contributed by atoms with Gasteiger partial charge < -0.3 is 14.7 Å². The van der Waals surface area contributed by atoms with E-state index in [0.717, 1.165) is 25.4 Å². The summed E-state index contributed by atoms with van der Waals surface area (Å²) in [5.74, 6) is 0.869. The number of rotatable bonds is 4. The lowest BCUT2D eigenvalue weighted by atomic mass is 10.0. The van der Waals surface area contributed by atoms with Gasteiger partial charge in [-0.05, 0) is 37.1 Å². The van der Waals surface area contributed by atoms with E-state index >= 15 is 0 Å². The molecule has 0 aromatic heterocycles. The largest absolute Gasteiger partial charge is 0.497 e. The van der Waals surface area contributed by atoms with E-state index in [9.17, 15) is 5.11 Å². The Morgan fingerprint density at radius 2 is 2.04 bits per heavy atom. The van der Waals surface area contributed by atoms with Crippen LogP contribution in [0.2, 0.25) is 0 Å². The first kappa shape index (κ1) is 16.0. The predicted molar refractivity (Wildman–Crippen MR) is 91.6 cm³/mol. The lowest BCUT2D eigenvalue weighted by Gasteiger charge is -2.44. The van der Waals surface area contributed by atoms with E-state index < -0.39 is 0 Å². The van der Waals surface area contributed by atoms with E-state index in [-0.39, 0.29) is 18.7 Å². The summed E-state index contributed by atoms with van der Waals surface area (Å²) in [5.41, 5.74) is 3.88. The van der Waals surface area contributed by atoms with Gasteiger partial charge in [-0.2, -0.15) is 0 Å². The molecule has 0 aliphatic carbocycles. The van der Waals surface area contributed by atoms with Crippen LogP contribution in [-0.4, -0.2) is 60.1 Å². The van der Waals surface area contributed by atoms with Gasteiger partial charge in [-0.15, -0.1) is 0 Å². The fraction of sp³-hybridized carbons (Fsp3) is 0.500. The van der Waals surface area contributed by atoms with Gasteiger partial charge in [0.05, 0.1) is 32.1 Å². The third kappa shape index (κ3) is 3.26. The molecule has 3 rings (SSSR count). The van der Waals surface area contributed by atoms with E-state index in [1.54, 1.807) is 7.11 Å². The normalized spacial score (nSPS) is 24.8. The van der Waals surface area contributed by atoms with Crippen LogP contribution in [0.5, 0.6) is 5.75 Å². The molecule has 0 bridgehead atoms. The van der Waals surface area contributed by atoms with Crippen LogP contribution < -0.4 is 4.74 Å². The number of fused-ring (bicyclic) bond motifs is 1. The first-order valence-electron chi connectivity index (χ1n) is 8.09. The Kier molecular flexibility index (Phi) is 4.68. The van der Waals surface area contributed by atoms with Gasteiger partial charge in [-0.3, -0.25) is 9.89 Å². The van der Waals surface area contributed by atoms with Gasteiger partial charge in [0.1, 0.15) is 5.75 Å². The van der Waals surface area contributed by atoms with E-state index in [1.807, 2.05) is 18.5 Å². The zero-order valence-corrected chi connectivity index (χ0v) is 14.1. The highest BCUT2D eigenvalue weighted by atomic mass is 16.5. The molecule has 0 radical (unpaired) electrons. The van der Waals surface area contributed by atoms with Crippen molar-refractivity contribution in [3.8, 4) is 5.75 Å². The standard InChI is InChI=1S/C18H25N3O2/c1-13-14(2)19-12-21-9-16(11-22)20(10-18(13)21)8-15-4-6-17(23-3)7-5-15/h4-7,12,14,16,22H,8-11H2,1-3H3/t14-,16+/m0/s1. The first-order valence-corrected chi connectivity index (χ1v) is 8.09. The molecule has 0 amide bonds. The highest BCUT2D eigenvalue weighted by Gasteiger charge is 2.32. The molecule has 0 unspecified atom stereocenters.